The molecule has 0 aromatic carbocycles. The normalized spacial score (nSPS) is 10.4. The van der Waals surface area contributed by atoms with Gasteiger partial charge in [0, 0.05) is 18.3 Å². The van der Waals surface area contributed by atoms with E-state index in [2.05, 4.69) is 26.2 Å². The first-order valence-electron chi connectivity index (χ1n) is 5.09. The Kier molecular flexibility index (Phi) is 4.75. The second-order valence-electron chi connectivity index (χ2n) is 3.36. The van der Waals surface area contributed by atoms with Crippen LogP contribution in [0.5, 0.6) is 0 Å². The molecule has 0 bridgehead atoms. The molecular weight excluding hydrogens is 256 g/mol. The monoisotopic (exact) mass is 270 g/mol. The minimum atomic E-state index is 0.0758. The number of carbonyl (C=O) groups excluding carboxylic acids is 1. The Labute approximate surface area is 98.4 Å². The third-order valence-electron chi connectivity index (χ3n) is 2.39. The number of halogens is 1. The highest BCUT2D eigenvalue weighted by Crippen LogP contribution is 2.21. The lowest BCUT2D eigenvalue weighted by atomic mass is 10.0. The summed E-state index contributed by atoms with van der Waals surface area (Å²) in [5.74, 6) is 0.164. The maximum absolute atomic E-state index is 11.8. The van der Waals surface area contributed by atoms with Crippen molar-refractivity contribution in [3.8, 4) is 0 Å². The van der Waals surface area contributed by atoms with Gasteiger partial charge >= 0.3 is 0 Å². The van der Waals surface area contributed by atoms with Gasteiger partial charge in [-0.3, -0.25) is 9.78 Å². The lowest BCUT2D eigenvalue weighted by Gasteiger charge is -2.13. The quantitative estimate of drug-likeness (QED) is 0.913. The molecule has 82 valence electrons. The highest BCUT2D eigenvalue weighted by molar-refractivity contribution is 9.10. The average Bonchev–Trinajstić information content (AvgIpc) is 2.23. The number of aromatic nitrogens is 1. The number of amides is 1. The van der Waals surface area contributed by atoms with Crippen molar-refractivity contribution in [1.82, 2.24) is 4.98 Å². The topological polar surface area (TPSA) is 42.0 Å². The van der Waals surface area contributed by atoms with E-state index in [4.69, 9.17) is 0 Å². The zero-order valence-corrected chi connectivity index (χ0v) is 10.5. The van der Waals surface area contributed by atoms with Crippen LogP contribution in [-0.2, 0) is 4.79 Å². The molecular formula is C11H15BrN2O. The number of hydrogen-bond acceptors (Lipinski definition) is 2. The second kappa shape index (κ2) is 5.85. The molecule has 0 spiro atoms. The minimum absolute atomic E-state index is 0.0758. The second-order valence-corrected chi connectivity index (χ2v) is 4.21. The molecule has 0 unspecified atom stereocenters. The van der Waals surface area contributed by atoms with Crippen LogP contribution in [0.2, 0.25) is 0 Å². The van der Waals surface area contributed by atoms with Gasteiger partial charge in [0.2, 0.25) is 5.91 Å². The van der Waals surface area contributed by atoms with E-state index >= 15 is 0 Å². The highest BCUT2D eigenvalue weighted by atomic mass is 79.9. The maximum atomic E-state index is 11.8. The van der Waals surface area contributed by atoms with Crippen molar-refractivity contribution in [2.45, 2.75) is 26.7 Å². The van der Waals surface area contributed by atoms with E-state index in [-0.39, 0.29) is 11.8 Å². The zero-order valence-electron chi connectivity index (χ0n) is 8.96. The smallest absolute Gasteiger partial charge is 0.227 e. The van der Waals surface area contributed by atoms with Gasteiger partial charge in [-0.2, -0.15) is 0 Å². The van der Waals surface area contributed by atoms with Gasteiger partial charge in [0.05, 0.1) is 10.2 Å². The Balaban J connectivity index is 2.70. The summed E-state index contributed by atoms with van der Waals surface area (Å²) in [6, 6.07) is 1.78. The van der Waals surface area contributed by atoms with E-state index in [0.29, 0.717) is 0 Å². The van der Waals surface area contributed by atoms with E-state index in [1.54, 1.807) is 18.5 Å². The number of nitrogens with one attached hydrogen (secondary N) is 1. The van der Waals surface area contributed by atoms with Gasteiger partial charge in [-0.05, 0) is 34.8 Å². The van der Waals surface area contributed by atoms with Crippen LogP contribution in [0.15, 0.2) is 22.9 Å². The number of rotatable bonds is 4. The van der Waals surface area contributed by atoms with Crippen LogP contribution >= 0.6 is 15.9 Å². The van der Waals surface area contributed by atoms with Crippen LogP contribution in [0.4, 0.5) is 5.69 Å². The third kappa shape index (κ3) is 3.30. The highest BCUT2D eigenvalue weighted by Gasteiger charge is 2.14. The van der Waals surface area contributed by atoms with Crippen LogP contribution in [0.1, 0.15) is 26.7 Å². The van der Waals surface area contributed by atoms with Gasteiger partial charge in [-0.15, -0.1) is 0 Å². The lowest BCUT2D eigenvalue weighted by Crippen LogP contribution is -2.21. The molecule has 1 aromatic heterocycles. The van der Waals surface area contributed by atoms with Crippen molar-refractivity contribution in [3.63, 3.8) is 0 Å². The van der Waals surface area contributed by atoms with Crippen molar-refractivity contribution in [2.75, 3.05) is 5.32 Å². The van der Waals surface area contributed by atoms with Gasteiger partial charge in [-0.25, -0.2) is 0 Å². The maximum Gasteiger partial charge on any atom is 0.227 e. The Morgan fingerprint density at radius 2 is 2.20 bits per heavy atom. The molecule has 4 heteroatoms. The van der Waals surface area contributed by atoms with E-state index in [1.807, 2.05) is 13.8 Å². The Hall–Kier alpha value is -0.900. The molecule has 1 amide bonds. The van der Waals surface area contributed by atoms with E-state index in [1.165, 1.54) is 0 Å². The van der Waals surface area contributed by atoms with Crippen molar-refractivity contribution < 1.29 is 4.79 Å². The Morgan fingerprint density at radius 3 is 2.73 bits per heavy atom. The summed E-state index contributed by atoms with van der Waals surface area (Å²) < 4.78 is 0.810. The summed E-state index contributed by atoms with van der Waals surface area (Å²) in [5.41, 5.74) is 0.780. The molecule has 1 N–H and O–H groups in total. The Bertz CT molecular complexity index is 337. The van der Waals surface area contributed by atoms with Crippen LogP contribution in [0, 0.1) is 5.92 Å². The van der Waals surface area contributed by atoms with E-state index in [9.17, 15) is 4.79 Å². The standard InChI is InChI=1S/C11H15BrN2O/c1-3-8(4-2)11(15)14-10-5-6-13-7-9(10)12/h5-8H,3-4H2,1-2H3,(H,13,14,15). The molecule has 1 rings (SSSR count). The van der Waals surface area contributed by atoms with Crippen LogP contribution in [0.3, 0.4) is 0 Å². The Morgan fingerprint density at radius 1 is 1.53 bits per heavy atom. The summed E-state index contributed by atoms with van der Waals surface area (Å²) in [7, 11) is 0. The molecule has 0 atom stereocenters. The number of hydrogen-bond donors (Lipinski definition) is 1. The molecule has 0 aliphatic heterocycles. The number of anilines is 1. The first-order valence-corrected chi connectivity index (χ1v) is 5.88. The van der Waals surface area contributed by atoms with Crippen molar-refractivity contribution in [1.29, 1.82) is 0 Å². The molecule has 3 nitrogen and oxygen atoms in total. The van der Waals surface area contributed by atoms with Crippen LogP contribution in [0.25, 0.3) is 0 Å². The average molecular weight is 271 g/mol. The summed E-state index contributed by atoms with van der Waals surface area (Å²) in [6.45, 7) is 4.05. The summed E-state index contributed by atoms with van der Waals surface area (Å²) >= 11 is 3.34. The number of nitrogens with zero attached hydrogens (tertiary/aromatic N) is 1. The van der Waals surface area contributed by atoms with Gasteiger partial charge in [0.1, 0.15) is 0 Å². The number of carbonyl (C=O) groups is 1. The van der Waals surface area contributed by atoms with Crippen molar-refractivity contribution in [2.24, 2.45) is 5.92 Å². The summed E-state index contributed by atoms with van der Waals surface area (Å²) in [4.78, 5) is 15.7. The van der Waals surface area contributed by atoms with Crippen molar-refractivity contribution in [3.05, 3.63) is 22.9 Å². The summed E-state index contributed by atoms with van der Waals surface area (Å²) in [5, 5.41) is 2.89. The molecule has 0 saturated carbocycles. The van der Waals surface area contributed by atoms with Gasteiger partial charge in [0.25, 0.3) is 0 Å². The molecule has 0 radical (unpaired) electrons. The molecule has 1 heterocycles. The van der Waals surface area contributed by atoms with Crippen LogP contribution in [-0.4, -0.2) is 10.9 Å². The van der Waals surface area contributed by atoms with Gasteiger partial charge in [-0.1, -0.05) is 13.8 Å². The van der Waals surface area contributed by atoms with E-state index in [0.717, 1.165) is 23.0 Å². The molecule has 15 heavy (non-hydrogen) atoms. The molecule has 1 aromatic rings. The predicted molar refractivity (Wildman–Crippen MR) is 64.6 cm³/mol. The van der Waals surface area contributed by atoms with Crippen molar-refractivity contribution >= 4 is 27.5 Å². The fourth-order valence-electron chi connectivity index (χ4n) is 1.37. The predicted octanol–water partition coefficient (Wildman–Crippen LogP) is 3.22. The lowest BCUT2D eigenvalue weighted by molar-refractivity contribution is -0.120. The fourth-order valence-corrected chi connectivity index (χ4v) is 1.72. The first kappa shape index (κ1) is 12.2. The van der Waals surface area contributed by atoms with E-state index < -0.39 is 0 Å². The molecule has 0 aliphatic carbocycles. The SMILES string of the molecule is CCC(CC)C(=O)Nc1ccncc1Br. The molecule has 0 fully saturated rings. The molecule has 0 saturated heterocycles. The van der Waals surface area contributed by atoms with Gasteiger partial charge < -0.3 is 5.32 Å². The zero-order chi connectivity index (χ0) is 11.3. The third-order valence-corrected chi connectivity index (χ3v) is 3.02. The van der Waals surface area contributed by atoms with Gasteiger partial charge in [0.15, 0.2) is 0 Å². The number of pyridine rings is 1. The van der Waals surface area contributed by atoms with Crippen LogP contribution < -0.4 is 5.32 Å². The minimum Gasteiger partial charge on any atom is -0.325 e. The molecule has 0 aliphatic rings. The summed E-state index contributed by atoms with van der Waals surface area (Å²) in [6.07, 6.45) is 5.06. The largest absolute Gasteiger partial charge is 0.325 e. The first-order chi connectivity index (χ1) is 7.19. The fraction of sp³-hybridized carbons (Fsp3) is 0.455.